The van der Waals surface area contributed by atoms with Crippen molar-refractivity contribution in [3.8, 4) is 11.5 Å². The van der Waals surface area contributed by atoms with E-state index in [2.05, 4.69) is 0 Å². The summed E-state index contributed by atoms with van der Waals surface area (Å²) >= 11 is 0. The van der Waals surface area contributed by atoms with Crippen LogP contribution in [0.4, 0.5) is 0 Å². The number of ether oxygens (including phenoxy) is 2. The number of nitrogens with zero attached hydrogens (tertiary/aromatic N) is 1. The Balaban J connectivity index is 1.88. The third kappa shape index (κ3) is 3.90. The van der Waals surface area contributed by atoms with Crippen molar-refractivity contribution in [1.29, 1.82) is 0 Å². The van der Waals surface area contributed by atoms with Crippen molar-refractivity contribution < 1.29 is 19.4 Å². The van der Waals surface area contributed by atoms with Crippen molar-refractivity contribution in [3.63, 3.8) is 0 Å². The van der Waals surface area contributed by atoms with Gasteiger partial charge in [-0.3, -0.25) is 4.79 Å². The van der Waals surface area contributed by atoms with Crippen molar-refractivity contribution in [1.82, 2.24) is 4.90 Å². The zero-order valence-electron chi connectivity index (χ0n) is 16.9. The Bertz CT molecular complexity index is 886. The molecule has 1 amide bonds. The van der Waals surface area contributed by atoms with Gasteiger partial charge in [0.2, 0.25) is 0 Å². The molecule has 0 spiro atoms. The lowest BCUT2D eigenvalue weighted by Crippen LogP contribution is -2.44. The first kappa shape index (κ1) is 20.0. The van der Waals surface area contributed by atoms with Crippen molar-refractivity contribution >= 4 is 11.5 Å². The average Bonchev–Trinajstić information content (AvgIpc) is 2.73. The molecule has 1 atom stereocenters. The van der Waals surface area contributed by atoms with Gasteiger partial charge in [0.25, 0.3) is 5.91 Å². The number of benzene rings is 2. The van der Waals surface area contributed by atoms with E-state index in [0.717, 1.165) is 34.4 Å². The Labute approximate surface area is 166 Å². The number of aryl methyl sites for hydroxylation is 2. The maximum absolute atomic E-state index is 13.2. The number of amides is 1. The molecule has 0 unspecified atom stereocenters. The summed E-state index contributed by atoms with van der Waals surface area (Å²) in [7, 11) is 3.25. The minimum atomic E-state index is -0.356. The van der Waals surface area contributed by atoms with E-state index in [0.29, 0.717) is 17.9 Å². The Morgan fingerprint density at radius 2 is 1.82 bits per heavy atom. The van der Waals surface area contributed by atoms with Crippen LogP contribution in [0.1, 0.15) is 33.5 Å². The highest BCUT2D eigenvalue weighted by molar-refractivity contribution is 5.97. The first-order chi connectivity index (χ1) is 13.5. The molecule has 1 heterocycles. The standard InChI is InChI=1S/C23H27NO4/c1-15-11-16(2)22(28-4)13-21(15)23(26)24-10-9-18(12-19(24)14-25)17-5-7-20(27-3)8-6-17/h5-8,11-13,19,25H,9-10,14H2,1-4H3/t19-/m0/s1. The summed E-state index contributed by atoms with van der Waals surface area (Å²) in [5, 5.41) is 9.94. The summed E-state index contributed by atoms with van der Waals surface area (Å²) in [5.41, 5.74) is 4.73. The molecule has 0 aliphatic carbocycles. The topological polar surface area (TPSA) is 59.0 Å². The zero-order valence-corrected chi connectivity index (χ0v) is 16.9. The number of rotatable bonds is 5. The van der Waals surface area contributed by atoms with Gasteiger partial charge in [0, 0.05) is 12.1 Å². The van der Waals surface area contributed by atoms with Crippen LogP contribution in [0.15, 0.2) is 42.5 Å². The Kier molecular flexibility index (Phi) is 6.05. The largest absolute Gasteiger partial charge is 0.497 e. The van der Waals surface area contributed by atoms with Gasteiger partial charge >= 0.3 is 0 Å². The second kappa shape index (κ2) is 8.48. The number of aliphatic hydroxyl groups excluding tert-OH is 1. The summed E-state index contributed by atoms with van der Waals surface area (Å²) in [6.07, 6.45) is 2.72. The van der Waals surface area contributed by atoms with Crippen LogP contribution in [-0.2, 0) is 0 Å². The molecule has 1 aliphatic heterocycles. The highest BCUT2D eigenvalue weighted by Gasteiger charge is 2.28. The minimum absolute atomic E-state index is 0.0834. The molecular weight excluding hydrogens is 354 g/mol. The summed E-state index contributed by atoms with van der Waals surface area (Å²) in [5.74, 6) is 1.42. The predicted molar refractivity (Wildman–Crippen MR) is 110 cm³/mol. The van der Waals surface area contributed by atoms with Crippen LogP contribution in [0.2, 0.25) is 0 Å². The van der Waals surface area contributed by atoms with E-state index < -0.39 is 0 Å². The lowest BCUT2D eigenvalue weighted by Gasteiger charge is -2.34. The fraction of sp³-hybridized carbons (Fsp3) is 0.348. The van der Waals surface area contributed by atoms with Gasteiger partial charge in [-0.15, -0.1) is 0 Å². The van der Waals surface area contributed by atoms with Crippen LogP contribution in [0.5, 0.6) is 11.5 Å². The van der Waals surface area contributed by atoms with E-state index >= 15 is 0 Å². The molecular formula is C23H27NO4. The SMILES string of the molecule is COc1ccc(C2=C[C@@H](CO)N(C(=O)c3cc(OC)c(C)cc3C)CC2)cc1. The molecule has 148 valence electrons. The fourth-order valence-electron chi connectivity index (χ4n) is 3.70. The van der Waals surface area contributed by atoms with Crippen LogP contribution in [0, 0.1) is 13.8 Å². The zero-order chi connectivity index (χ0) is 20.3. The molecule has 0 bridgehead atoms. The molecule has 2 aromatic rings. The van der Waals surface area contributed by atoms with Crippen LogP contribution in [0.25, 0.3) is 5.57 Å². The maximum atomic E-state index is 13.2. The van der Waals surface area contributed by atoms with Gasteiger partial charge in [-0.2, -0.15) is 0 Å². The molecule has 28 heavy (non-hydrogen) atoms. The smallest absolute Gasteiger partial charge is 0.254 e. The number of carbonyl (C=O) groups excluding carboxylic acids is 1. The van der Waals surface area contributed by atoms with Crippen molar-refractivity contribution in [2.75, 3.05) is 27.4 Å². The van der Waals surface area contributed by atoms with E-state index in [-0.39, 0.29) is 18.6 Å². The number of aliphatic hydroxyl groups is 1. The van der Waals surface area contributed by atoms with E-state index in [4.69, 9.17) is 9.47 Å². The van der Waals surface area contributed by atoms with Crippen LogP contribution in [0.3, 0.4) is 0 Å². The number of carbonyl (C=O) groups is 1. The Morgan fingerprint density at radius 3 is 2.43 bits per heavy atom. The van der Waals surface area contributed by atoms with E-state index in [1.165, 1.54) is 0 Å². The van der Waals surface area contributed by atoms with Crippen LogP contribution >= 0.6 is 0 Å². The number of methoxy groups -OCH3 is 2. The molecule has 1 aliphatic rings. The Hall–Kier alpha value is -2.79. The van der Waals surface area contributed by atoms with E-state index in [1.54, 1.807) is 25.2 Å². The van der Waals surface area contributed by atoms with Gasteiger partial charge in [-0.05, 0) is 60.7 Å². The quantitative estimate of drug-likeness (QED) is 0.860. The first-order valence-corrected chi connectivity index (χ1v) is 9.40. The van der Waals surface area contributed by atoms with Crippen molar-refractivity contribution in [3.05, 3.63) is 64.7 Å². The first-order valence-electron chi connectivity index (χ1n) is 9.40. The lowest BCUT2D eigenvalue weighted by atomic mass is 9.94. The second-order valence-corrected chi connectivity index (χ2v) is 7.06. The van der Waals surface area contributed by atoms with Crippen LogP contribution < -0.4 is 9.47 Å². The van der Waals surface area contributed by atoms with Crippen molar-refractivity contribution in [2.45, 2.75) is 26.3 Å². The normalized spacial score (nSPS) is 16.5. The molecule has 1 N–H and O–H groups in total. The molecule has 5 heteroatoms. The highest BCUT2D eigenvalue weighted by atomic mass is 16.5. The maximum Gasteiger partial charge on any atom is 0.254 e. The van der Waals surface area contributed by atoms with Gasteiger partial charge in [-0.1, -0.05) is 24.3 Å². The average molecular weight is 381 g/mol. The van der Waals surface area contributed by atoms with Gasteiger partial charge in [0.15, 0.2) is 0 Å². The third-order valence-corrected chi connectivity index (χ3v) is 5.30. The number of hydrogen-bond donors (Lipinski definition) is 1. The van der Waals surface area contributed by atoms with Crippen LogP contribution in [-0.4, -0.2) is 49.3 Å². The molecule has 0 fully saturated rings. The summed E-state index contributed by atoms with van der Waals surface area (Å²) in [4.78, 5) is 14.9. The molecule has 0 aromatic heterocycles. The van der Waals surface area contributed by atoms with Gasteiger partial charge in [-0.25, -0.2) is 0 Å². The second-order valence-electron chi connectivity index (χ2n) is 7.06. The monoisotopic (exact) mass is 381 g/mol. The molecule has 0 radical (unpaired) electrons. The molecule has 0 saturated carbocycles. The fourth-order valence-corrected chi connectivity index (χ4v) is 3.70. The summed E-state index contributed by atoms with van der Waals surface area (Å²) in [6.45, 7) is 4.32. The summed E-state index contributed by atoms with van der Waals surface area (Å²) < 4.78 is 10.6. The third-order valence-electron chi connectivity index (χ3n) is 5.30. The van der Waals surface area contributed by atoms with Gasteiger partial charge < -0.3 is 19.5 Å². The predicted octanol–water partition coefficient (Wildman–Crippen LogP) is 3.61. The highest BCUT2D eigenvalue weighted by Crippen LogP contribution is 2.29. The van der Waals surface area contributed by atoms with E-state index in [9.17, 15) is 9.90 Å². The minimum Gasteiger partial charge on any atom is -0.497 e. The molecule has 0 saturated heterocycles. The van der Waals surface area contributed by atoms with E-state index in [1.807, 2.05) is 50.3 Å². The molecule has 5 nitrogen and oxygen atoms in total. The molecule has 2 aromatic carbocycles. The van der Waals surface area contributed by atoms with Crippen molar-refractivity contribution in [2.24, 2.45) is 0 Å². The summed E-state index contributed by atoms with van der Waals surface area (Å²) in [6, 6.07) is 11.3. The van der Waals surface area contributed by atoms with Gasteiger partial charge in [0.05, 0.1) is 26.9 Å². The van der Waals surface area contributed by atoms with Gasteiger partial charge in [0.1, 0.15) is 11.5 Å². The Morgan fingerprint density at radius 1 is 1.11 bits per heavy atom. The lowest BCUT2D eigenvalue weighted by molar-refractivity contribution is 0.0646. The number of hydrogen-bond acceptors (Lipinski definition) is 4. The molecule has 3 rings (SSSR count).